The molecule has 0 amide bonds. The summed E-state index contributed by atoms with van der Waals surface area (Å²) in [6, 6.07) is 15.1. The lowest BCUT2D eigenvalue weighted by Gasteiger charge is -2.28. The molecule has 2 atom stereocenters. The Morgan fingerprint density at radius 1 is 1.06 bits per heavy atom. The second-order valence-electron chi connectivity index (χ2n) is 7.49. The van der Waals surface area contributed by atoms with Gasteiger partial charge >= 0.3 is 0 Å². The molecule has 8 heteroatoms. The summed E-state index contributed by atoms with van der Waals surface area (Å²) in [7, 11) is 0. The molecule has 3 aromatic heterocycles. The predicted octanol–water partition coefficient (Wildman–Crippen LogP) is 4.83. The zero-order valence-corrected chi connectivity index (χ0v) is 18.7. The summed E-state index contributed by atoms with van der Waals surface area (Å²) in [5.41, 5.74) is 5.23. The number of nitrogens with one attached hydrogen (secondary N) is 1. The van der Waals surface area contributed by atoms with E-state index in [2.05, 4.69) is 44.7 Å². The van der Waals surface area contributed by atoms with Crippen LogP contribution >= 0.6 is 23.6 Å². The van der Waals surface area contributed by atoms with Crippen LogP contribution in [-0.2, 0) is 0 Å². The van der Waals surface area contributed by atoms with E-state index in [1.807, 2.05) is 41.9 Å². The first-order chi connectivity index (χ1) is 15.0. The molecular weight excluding hydrogens is 426 g/mol. The molecule has 31 heavy (non-hydrogen) atoms. The molecule has 0 unspecified atom stereocenters. The van der Waals surface area contributed by atoms with Crippen LogP contribution in [0.1, 0.15) is 34.7 Å². The van der Waals surface area contributed by atoms with Crippen LogP contribution in [0.25, 0.3) is 5.13 Å². The zero-order chi connectivity index (χ0) is 21.5. The second kappa shape index (κ2) is 7.79. The fourth-order valence-electron chi connectivity index (χ4n) is 4.27. The molecule has 0 aliphatic carbocycles. The first-order valence-corrected chi connectivity index (χ1v) is 11.2. The van der Waals surface area contributed by atoms with Gasteiger partial charge in [0.15, 0.2) is 10.2 Å². The van der Waals surface area contributed by atoms with Gasteiger partial charge in [-0.15, -0.1) is 11.3 Å². The highest BCUT2D eigenvalue weighted by Crippen LogP contribution is 2.44. The van der Waals surface area contributed by atoms with E-state index >= 15 is 0 Å². The van der Waals surface area contributed by atoms with Gasteiger partial charge in [0.05, 0.1) is 17.8 Å². The zero-order valence-electron chi connectivity index (χ0n) is 17.1. The van der Waals surface area contributed by atoms with Gasteiger partial charge in [-0.1, -0.05) is 6.07 Å². The fourth-order valence-corrected chi connectivity index (χ4v) is 5.37. The maximum Gasteiger partial charge on any atom is 0.193 e. The van der Waals surface area contributed by atoms with Gasteiger partial charge in [-0.2, -0.15) is 0 Å². The minimum absolute atomic E-state index is 0.105. The molecule has 1 fully saturated rings. The third-order valence-electron chi connectivity index (χ3n) is 5.63. The molecule has 0 bridgehead atoms. The quantitative estimate of drug-likeness (QED) is 0.437. The van der Waals surface area contributed by atoms with Crippen LogP contribution in [0.2, 0.25) is 0 Å². The van der Waals surface area contributed by atoms with Crippen molar-refractivity contribution in [3.8, 4) is 10.9 Å². The molecule has 0 saturated carbocycles. The second-order valence-corrected chi connectivity index (χ2v) is 8.75. The van der Waals surface area contributed by atoms with Crippen LogP contribution in [0.4, 0.5) is 5.69 Å². The maximum atomic E-state index is 9.78. The number of nitrogens with zero attached hydrogens (tertiary/aromatic N) is 4. The molecule has 1 aliphatic rings. The summed E-state index contributed by atoms with van der Waals surface area (Å²) in [4.78, 5) is 11.2. The molecule has 0 spiro atoms. The number of thiocarbonyl (C=S) groups is 1. The number of aryl methyl sites for hydroxylation is 1. The molecule has 0 radical (unpaired) electrons. The summed E-state index contributed by atoms with van der Waals surface area (Å²) in [5, 5.41) is 16.8. The minimum atomic E-state index is -0.118. The molecule has 1 aliphatic heterocycles. The van der Waals surface area contributed by atoms with Crippen molar-refractivity contribution >= 4 is 34.4 Å². The topological polar surface area (TPSA) is 66.2 Å². The van der Waals surface area contributed by atoms with Crippen LogP contribution in [0.15, 0.2) is 66.3 Å². The van der Waals surface area contributed by atoms with Gasteiger partial charge in [-0.3, -0.25) is 9.55 Å². The summed E-state index contributed by atoms with van der Waals surface area (Å²) in [6.45, 7) is 4.22. The Morgan fingerprint density at radius 2 is 1.87 bits per heavy atom. The molecule has 1 saturated heterocycles. The highest BCUT2D eigenvalue weighted by atomic mass is 32.1. The van der Waals surface area contributed by atoms with Crippen molar-refractivity contribution in [3.63, 3.8) is 0 Å². The molecule has 5 rings (SSSR count). The Balaban J connectivity index is 1.68. The lowest BCUT2D eigenvalue weighted by atomic mass is 9.96. The van der Waals surface area contributed by atoms with Crippen LogP contribution < -0.4 is 10.2 Å². The predicted molar refractivity (Wildman–Crippen MR) is 127 cm³/mol. The Morgan fingerprint density at radius 3 is 2.55 bits per heavy atom. The van der Waals surface area contributed by atoms with Gasteiger partial charge in [0, 0.05) is 34.8 Å². The number of rotatable bonds is 4. The average Bonchev–Trinajstić information content (AvgIpc) is 3.47. The largest absolute Gasteiger partial charge is 0.508 e. The minimum Gasteiger partial charge on any atom is -0.508 e. The molecule has 1 aromatic carbocycles. The summed E-state index contributed by atoms with van der Waals surface area (Å²) >= 11 is 7.39. The number of thiazole rings is 1. The lowest BCUT2D eigenvalue weighted by Crippen LogP contribution is -2.29. The molecule has 6 nitrogen and oxygen atoms in total. The van der Waals surface area contributed by atoms with Crippen LogP contribution in [-0.4, -0.2) is 24.8 Å². The van der Waals surface area contributed by atoms with Gasteiger partial charge in [-0.05, 0) is 74.1 Å². The Labute approximate surface area is 189 Å². The monoisotopic (exact) mass is 447 g/mol. The van der Waals surface area contributed by atoms with Crippen molar-refractivity contribution < 1.29 is 5.11 Å². The summed E-state index contributed by atoms with van der Waals surface area (Å²) in [6.07, 6.45) is 3.63. The number of aromatic nitrogens is 3. The maximum absolute atomic E-state index is 9.78. The Bertz CT molecular complexity index is 1220. The van der Waals surface area contributed by atoms with Crippen molar-refractivity contribution in [2.45, 2.75) is 25.9 Å². The number of hydrogen-bond acceptors (Lipinski definition) is 5. The van der Waals surface area contributed by atoms with Crippen molar-refractivity contribution in [1.29, 1.82) is 0 Å². The smallest absolute Gasteiger partial charge is 0.193 e. The Kier molecular flexibility index (Phi) is 4.95. The van der Waals surface area contributed by atoms with E-state index < -0.39 is 0 Å². The number of hydrogen-bond donors (Lipinski definition) is 2. The molecule has 156 valence electrons. The van der Waals surface area contributed by atoms with Gasteiger partial charge in [0.25, 0.3) is 0 Å². The number of pyridine rings is 1. The number of aromatic hydroxyl groups is 1. The van der Waals surface area contributed by atoms with Gasteiger partial charge < -0.3 is 15.3 Å². The normalized spacial score (nSPS) is 18.4. The fraction of sp³-hybridized carbons (Fsp3) is 0.174. The van der Waals surface area contributed by atoms with Crippen molar-refractivity contribution in [2.24, 2.45) is 0 Å². The standard InChI is InChI=1S/C23H21N5OS2/c1-14-13-18(15(2)27(14)23-25-11-12-31-23)21-20(19-5-3-4-10-24-19)26-22(30)28(21)16-6-8-17(29)9-7-16/h3-13,20-21,29H,1-2H3,(H,26,30)/t20-,21-/m0/s1. The summed E-state index contributed by atoms with van der Waals surface area (Å²) in [5.74, 6) is 0.224. The van der Waals surface area contributed by atoms with E-state index in [9.17, 15) is 5.11 Å². The highest BCUT2D eigenvalue weighted by Gasteiger charge is 2.42. The van der Waals surface area contributed by atoms with Crippen molar-refractivity contribution in [1.82, 2.24) is 19.9 Å². The molecule has 2 N–H and O–H groups in total. The van der Waals surface area contributed by atoms with Gasteiger partial charge in [-0.25, -0.2) is 4.98 Å². The average molecular weight is 448 g/mol. The van der Waals surface area contributed by atoms with E-state index in [0.717, 1.165) is 33.5 Å². The third-order valence-corrected chi connectivity index (χ3v) is 6.70. The van der Waals surface area contributed by atoms with E-state index in [-0.39, 0.29) is 17.8 Å². The molecule has 4 aromatic rings. The van der Waals surface area contributed by atoms with Crippen molar-refractivity contribution in [2.75, 3.05) is 4.90 Å². The summed E-state index contributed by atoms with van der Waals surface area (Å²) < 4.78 is 2.19. The van der Waals surface area contributed by atoms with Crippen LogP contribution in [0, 0.1) is 13.8 Å². The number of anilines is 1. The van der Waals surface area contributed by atoms with E-state index in [0.29, 0.717) is 5.11 Å². The first-order valence-electron chi connectivity index (χ1n) is 9.93. The third kappa shape index (κ3) is 3.37. The van der Waals surface area contributed by atoms with E-state index in [1.54, 1.807) is 29.7 Å². The SMILES string of the molecule is Cc1cc([C@H]2[C@H](c3ccccn3)NC(=S)N2c2ccc(O)cc2)c(C)n1-c1nccs1. The van der Waals surface area contributed by atoms with Gasteiger partial charge in [0.1, 0.15) is 5.75 Å². The van der Waals surface area contributed by atoms with E-state index in [4.69, 9.17) is 12.2 Å². The lowest BCUT2D eigenvalue weighted by molar-refractivity contribution is 0.475. The van der Waals surface area contributed by atoms with Crippen LogP contribution in [0.5, 0.6) is 5.75 Å². The van der Waals surface area contributed by atoms with Crippen LogP contribution in [0.3, 0.4) is 0 Å². The Hall–Kier alpha value is -3.23. The molecular formula is C23H21N5OS2. The number of benzene rings is 1. The highest BCUT2D eigenvalue weighted by molar-refractivity contribution is 7.80. The number of phenols is 1. The van der Waals surface area contributed by atoms with E-state index in [1.165, 1.54) is 0 Å². The van der Waals surface area contributed by atoms with Crippen molar-refractivity contribution in [3.05, 3.63) is 88.9 Å². The molecule has 4 heterocycles. The first kappa shape index (κ1) is 19.7. The van der Waals surface area contributed by atoms with Gasteiger partial charge in [0.2, 0.25) is 0 Å². The number of phenolic OH excluding ortho intramolecular Hbond substituents is 1.